The number of carbonyl (C=O) groups is 2. The van der Waals surface area contributed by atoms with E-state index in [1.165, 1.54) is 6.07 Å². The molecule has 194 valence electrons. The number of primary amides is 1. The molecule has 0 spiro atoms. The van der Waals surface area contributed by atoms with Crippen LogP contribution in [0.15, 0.2) is 35.6 Å². The summed E-state index contributed by atoms with van der Waals surface area (Å²) in [6.07, 6.45) is 3.65. The highest BCUT2D eigenvalue weighted by atomic mass is 32.2. The minimum absolute atomic E-state index is 0.0332. The van der Waals surface area contributed by atoms with Crippen LogP contribution in [0.1, 0.15) is 42.5 Å². The van der Waals surface area contributed by atoms with Crippen LogP contribution in [0.3, 0.4) is 0 Å². The maximum absolute atomic E-state index is 13.7. The molecule has 2 aliphatic rings. The molecule has 0 saturated carbocycles. The highest BCUT2D eigenvalue weighted by Crippen LogP contribution is 2.33. The van der Waals surface area contributed by atoms with Crippen molar-refractivity contribution in [3.8, 4) is 0 Å². The van der Waals surface area contributed by atoms with E-state index >= 15 is 0 Å². The Morgan fingerprint density at radius 1 is 1.03 bits per heavy atom. The normalized spacial score (nSPS) is 17.9. The number of pyridine rings is 2. The monoisotopic (exact) mass is 524 g/mol. The van der Waals surface area contributed by atoms with Crippen LogP contribution in [0.5, 0.6) is 0 Å². The predicted molar refractivity (Wildman–Crippen MR) is 127 cm³/mol. The van der Waals surface area contributed by atoms with Gasteiger partial charge in [0.1, 0.15) is 5.82 Å². The van der Waals surface area contributed by atoms with Crippen LogP contribution in [0.2, 0.25) is 0 Å². The first-order chi connectivity index (χ1) is 17.0. The summed E-state index contributed by atoms with van der Waals surface area (Å²) < 4.78 is 55.8. The van der Waals surface area contributed by atoms with Crippen molar-refractivity contribution in [1.29, 1.82) is 0 Å². The summed E-state index contributed by atoms with van der Waals surface area (Å²) >= 11 is 0. The van der Waals surface area contributed by atoms with E-state index in [1.807, 2.05) is 0 Å². The van der Waals surface area contributed by atoms with Gasteiger partial charge in [0.15, 0.2) is 5.03 Å². The SMILES string of the molecule is NC(=O)OS(=O)(=O)c1cc(NC(=O)c2cc(N3CCCCC3)cnc2N2CCC(F)(F)CC2)ccn1. The number of nitrogens with one attached hydrogen (secondary N) is 1. The molecule has 0 bridgehead atoms. The second-order valence-corrected chi connectivity index (χ2v) is 10.1. The number of hydrogen-bond acceptors (Lipinski definition) is 9. The molecule has 0 atom stereocenters. The molecule has 0 aromatic carbocycles. The summed E-state index contributed by atoms with van der Waals surface area (Å²) in [5.74, 6) is -3.11. The van der Waals surface area contributed by atoms with E-state index in [0.717, 1.165) is 50.3 Å². The molecular formula is C22H26F2N6O5S. The topological polar surface area (TPSA) is 148 Å². The summed E-state index contributed by atoms with van der Waals surface area (Å²) in [6.45, 7) is 1.68. The van der Waals surface area contributed by atoms with Crippen molar-refractivity contribution in [2.75, 3.05) is 41.3 Å². The molecule has 0 aliphatic carbocycles. The molecule has 2 amide bonds. The summed E-state index contributed by atoms with van der Waals surface area (Å²) in [5, 5.41) is 1.97. The van der Waals surface area contributed by atoms with Gasteiger partial charge in [0.25, 0.3) is 11.8 Å². The molecule has 2 aromatic heterocycles. The lowest BCUT2D eigenvalue weighted by molar-refractivity contribution is -0.0221. The number of piperidine rings is 2. The molecule has 2 fully saturated rings. The fraction of sp³-hybridized carbons (Fsp3) is 0.455. The standard InChI is InChI=1S/C22H26F2N6O5S/c23-22(24)5-10-30(11-6-22)19-17(13-16(14-27-19)29-8-2-1-3-9-29)20(31)28-15-4-7-26-18(12-15)36(33,34)35-21(25)32/h4,7,12-14H,1-3,5-6,8-11H2,(H2,25,32)(H,26,28,31). The maximum Gasteiger partial charge on any atom is 0.420 e. The van der Waals surface area contributed by atoms with Crippen LogP contribution in [-0.2, 0) is 14.3 Å². The Bertz CT molecular complexity index is 1240. The zero-order valence-electron chi connectivity index (χ0n) is 19.3. The van der Waals surface area contributed by atoms with Crippen LogP contribution in [0, 0.1) is 0 Å². The van der Waals surface area contributed by atoms with Crippen LogP contribution >= 0.6 is 0 Å². The number of anilines is 3. The lowest BCUT2D eigenvalue weighted by atomic mass is 10.1. The fourth-order valence-electron chi connectivity index (χ4n) is 4.21. The summed E-state index contributed by atoms with van der Waals surface area (Å²) in [7, 11) is -4.58. The molecule has 2 aliphatic heterocycles. The lowest BCUT2D eigenvalue weighted by Crippen LogP contribution is -2.40. The number of alkyl halides is 2. The molecule has 4 rings (SSSR count). The van der Waals surface area contributed by atoms with Gasteiger partial charge in [0, 0.05) is 57.0 Å². The summed E-state index contributed by atoms with van der Waals surface area (Å²) in [5.41, 5.74) is 5.75. The van der Waals surface area contributed by atoms with Crippen molar-refractivity contribution in [2.45, 2.75) is 43.1 Å². The van der Waals surface area contributed by atoms with E-state index < -0.39 is 33.1 Å². The lowest BCUT2D eigenvalue weighted by Gasteiger charge is -2.34. The molecule has 4 heterocycles. The number of nitrogens with zero attached hydrogens (tertiary/aromatic N) is 4. The zero-order valence-corrected chi connectivity index (χ0v) is 20.1. The van der Waals surface area contributed by atoms with Crippen molar-refractivity contribution in [3.63, 3.8) is 0 Å². The van der Waals surface area contributed by atoms with Crippen LogP contribution in [-0.4, -0.2) is 62.5 Å². The van der Waals surface area contributed by atoms with Crippen molar-refractivity contribution in [2.24, 2.45) is 5.73 Å². The maximum atomic E-state index is 13.7. The highest BCUT2D eigenvalue weighted by Gasteiger charge is 2.35. The second-order valence-electron chi connectivity index (χ2n) is 8.65. The first-order valence-electron chi connectivity index (χ1n) is 11.4. The minimum atomic E-state index is -4.58. The number of carbonyl (C=O) groups excluding carboxylic acids is 2. The van der Waals surface area contributed by atoms with Gasteiger partial charge in [-0.25, -0.2) is 23.5 Å². The molecule has 11 nitrogen and oxygen atoms in total. The summed E-state index contributed by atoms with van der Waals surface area (Å²) in [6, 6.07) is 4.04. The predicted octanol–water partition coefficient (Wildman–Crippen LogP) is 2.74. The number of nitrogens with two attached hydrogens (primary N) is 1. The molecular weight excluding hydrogens is 498 g/mol. The second kappa shape index (κ2) is 10.2. The fourth-order valence-corrected chi connectivity index (χ4v) is 4.97. The van der Waals surface area contributed by atoms with Gasteiger partial charge < -0.3 is 25.0 Å². The third-order valence-electron chi connectivity index (χ3n) is 6.05. The molecule has 2 saturated heterocycles. The van der Waals surface area contributed by atoms with E-state index in [4.69, 9.17) is 5.73 Å². The molecule has 0 unspecified atom stereocenters. The van der Waals surface area contributed by atoms with Gasteiger partial charge in [-0.15, -0.1) is 0 Å². The third-order valence-corrected chi connectivity index (χ3v) is 7.17. The van der Waals surface area contributed by atoms with Gasteiger partial charge in [0.2, 0.25) is 0 Å². The Morgan fingerprint density at radius 2 is 1.72 bits per heavy atom. The van der Waals surface area contributed by atoms with Crippen LogP contribution < -0.4 is 20.9 Å². The van der Waals surface area contributed by atoms with Crippen LogP contribution in [0.25, 0.3) is 0 Å². The van der Waals surface area contributed by atoms with E-state index in [1.54, 1.807) is 17.2 Å². The zero-order chi connectivity index (χ0) is 25.9. The number of halogens is 2. The van der Waals surface area contributed by atoms with E-state index in [2.05, 4.69) is 24.4 Å². The number of aromatic nitrogens is 2. The molecule has 14 heteroatoms. The van der Waals surface area contributed by atoms with Gasteiger partial charge in [-0.1, -0.05) is 0 Å². The van der Waals surface area contributed by atoms with Crippen LogP contribution in [0.4, 0.5) is 30.8 Å². The third kappa shape index (κ3) is 5.98. The highest BCUT2D eigenvalue weighted by molar-refractivity contribution is 7.87. The van der Waals surface area contributed by atoms with Gasteiger partial charge in [-0.05, 0) is 31.4 Å². The molecule has 36 heavy (non-hydrogen) atoms. The first-order valence-corrected chi connectivity index (χ1v) is 12.8. The minimum Gasteiger partial charge on any atom is -0.370 e. The van der Waals surface area contributed by atoms with E-state index in [-0.39, 0.29) is 43.0 Å². The number of hydrogen-bond donors (Lipinski definition) is 2. The smallest absolute Gasteiger partial charge is 0.370 e. The average Bonchev–Trinajstić information content (AvgIpc) is 2.84. The van der Waals surface area contributed by atoms with E-state index in [9.17, 15) is 26.8 Å². The van der Waals surface area contributed by atoms with Crippen molar-refractivity contribution in [3.05, 3.63) is 36.2 Å². The average molecular weight is 525 g/mol. The van der Waals surface area contributed by atoms with Crippen molar-refractivity contribution < 1.29 is 31.0 Å². The van der Waals surface area contributed by atoms with Gasteiger partial charge >= 0.3 is 16.2 Å². The Kier molecular flexibility index (Phi) is 7.24. The quantitative estimate of drug-likeness (QED) is 0.544. The number of rotatable bonds is 6. The Balaban J connectivity index is 1.63. The Morgan fingerprint density at radius 3 is 2.39 bits per heavy atom. The summed E-state index contributed by atoms with van der Waals surface area (Å²) in [4.78, 5) is 36.1. The first kappa shape index (κ1) is 25.5. The van der Waals surface area contributed by atoms with E-state index in [0.29, 0.717) is 0 Å². The largest absolute Gasteiger partial charge is 0.420 e. The Labute approximate surface area is 206 Å². The van der Waals surface area contributed by atoms with Gasteiger partial charge in [-0.2, -0.15) is 8.42 Å². The van der Waals surface area contributed by atoms with Crippen molar-refractivity contribution in [1.82, 2.24) is 9.97 Å². The van der Waals surface area contributed by atoms with Crippen molar-refractivity contribution >= 4 is 39.3 Å². The molecule has 3 N–H and O–H groups in total. The molecule has 2 aromatic rings. The van der Waals surface area contributed by atoms with Gasteiger partial charge in [-0.3, -0.25) is 4.79 Å². The Hall–Kier alpha value is -3.55. The van der Waals surface area contributed by atoms with Gasteiger partial charge in [0.05, 0.1) is 17.4 Å². The molecule has 0 radical (unpaired) electrons. The number of amides is 2.